The Morgan fingerprint density at radius 1 is 0.939 bits per heavy atom. The highest BCUT2D eigenvalue weighted by molar-refractivity contribution is 5.36. The molecule has 3 nitrogen and oxygen atoms in total. The fraction of sp³-hybridized carbons (Fsp3) is 0.500. The van der Waals surface area contributed by atoms with Gasteiger partial charge in [-0.3, -0.25) is 4.90 Å². The molecular formula is C24H26F6N2O. The van der Waals surface area contributed by atoms with E-state index in [2.05, 4.69) is 16.3 Å². The highest BCUT2D eigenvalue weighted by Gasteiger charge is 2.39. The third kappa shape index (κ3) is 5.36. The molecule has 3 atom stereocenters. The van der Waals surface area contributed by atoms with Gasteiger partial charge in [0, 0.05) is 26.2 Å². The molecule has 9 heteroatoms. The van der Waals surface area contributed by atoms with Crippen LogP contribution in [0.25, 0.3) is 0 Å². The van der Waals surface area contributed by atoms with Crippen molar-refractivity contribution in [1.82, 2.24) is 10.2 Å². The molecule has 2 aromatic rings. The van der Waals surface area contributed by atoms with Crippen LogP contribution in [-0.2, 0) is 23.5 Å². The molecule has 1 aliphatic carbocycles. The van der Waals surface area contributed by atoms with Crippen molar-refractivity contribution in [3.05, 3.63) is 70.3 Å². The quantitative estimate of drug-likeness (QED) is 0.573. The Hall–Kier alpha value is -2.10. The summed E-state index contributed by atoms with van der Waals surface area (Å²) < 4.78 is 86.1. The molecule has 0 spiro atoms. The monoisotopic (exact) mass is 472 g/mol. The molecule has 0 bridgehead atoms. The third-order valence-electron chi connectivity index (χ3n) is 6.43. The van der Waals surface area contributed by atoms with E-state index in [9.17, 15) is 26.3 Å². The number of rotatable bonds is 4. The lowest BCUT2D eigenvalue weighted by atomic mass is 9.84. The lowest BCUT2D eigenvalue weighted by molar-refractivity contribution is -0.143. The number of fused-ring (bicyclic) bond motifs is 1. The van der Waals surface area contributed by atoms with Crippen molar-refractivity contribution >= 4 is 0 Å². The van der Waals surface area contributed by atoms with Gasteiger partial charge in [0.1, 0.15) is 0 Å². The molecule has 33 heavy (non-hydrogen) atoms. The predicted molar refractivity (Wildman–Crippen MR) is 112 cm³/mol. The number of halogens is 6. The molecule has 1 heterocycles. The largest absolute Gasteiger partial charge is 0.416 e. The highest BCUT2D eigenvalue weighted by atomic mass is 19.4. The molecule has 1 fully saturated rings. The fourth-order valence-electron chi connectivity index (χ4n) is 4.80. The second-order valence-electron chi connectivity index (χ2n) is 8.62. The van der Waals surface area contributed by atoms with E-state index in [0.717, 1.165) is 50.3 Å². The van der Waals surface area contributed by atoms with Gasteiger partial charge >= 0.3 is 12.4 Å². The molecule has 1 saturated heterocycles. The van der Waals surface area contributed by atoms with Crippen LogP contribution in [0.4, 0.5) is 26.3 Å². The number of hydrogen-bond acceptors (Lipinski definition) is 3. The normalized spacial score (nSPS) is 23.2. The molecule has 4 rings (SSSR count). The zero-order chi connectivity index (χ0) is 23.8. The average Bonchev–Trinajstić information content (AvgIpc) is 2.78. The van der Waals surface area contributed by atoms with Crippen molar-refractivity contribution in [2.45, 2.75) is 50.4 Å². The Labute approximate surface area is 188 Å². The van der Waals surface area contributed by atoms with Gasteiger partial charge in [-0.1, -0.05) is 24.3 Å². The second-order valence-corrected chi connectivity index (χ2v) is 8.62. The van der Waals surface area contributed by atoms with Gasteiger partial charge in [-0.05, 0) is 54.7 Å². The minimum Gasteiger partial charge on any atom is -0.369 e. The predicted octanol–water partition coefficient (Wildman–Crippen LogP) is 5.76. The summed E-state index contributed by atoms with van der Waals surface area (Å²) in [6, 6.07) is 9.58. The maximum atomic E-state index is 13.3. The third-order valence-corrected chi connectivity index (χ3v) is 6.43. The number of piperazine rings is 1. The minimum atomic E-state index is -4.89. The first-order valence-electron chi connectivity index (χ1n) is 11.0. The van der Waals surface area contributed by atoms with Crippen LogP contribution in [0.3, 0.4) is 0 Å². The molecule has 1 unspecified atom stereocenters. The summed E-state index contributed by atoms with van der Waals surface area (Å²) in [6.45, 7) is 4.71. The summed E-state index contributed by atoms with van der Waals surface area (Å²) >= 11 is 0. The number of benzene rings is 2. The number of aryl methyl sites for hydroxylation is 1. The van der Waals surface area contributed by atoms with E-state index < -0.39 is 29.6 Å². The molecule has 180 valence electrons. The van der Waals surface area contributed by atoms with Crippen LogP contribution in [0.2, 0.25) is 0 Å². The Bertz CT molecular complexity index is 936. The van der Waals surface area contributed by atoms with E-state index in [1.807, 2.05) is 18.2 Å². The summed E-state index contributed by atoms with van der Waals surface area (Å²) in [4.78, 5) is 2.29. The maximum absolute atomic E-state index is 13.3. The van der Waals surface area contributed by atoms with Gasteiger partial charge in [-0.15, -0.1) is 0 Å². The van der Waals surface area contributed by atoms with E-state index >= 15 is 0 Å². The standard InChI is InChI=1S/C24H26F6N2O/c1-15(17-12-18(23(25,26)27)14-19(13-17)24(28,29)30)33-21-7-6-16-4-2-3-5-20(16)22(21)32-10-8-31-9-11-32/h2-5,12-15,21-22,31H,6-11H2,1H3/t15?,21-,22-/m0/s1. The van der Waals surface area contributed by atoms with E-state index in [0.29, 0.717) is 6.42 Å². The Kier molecular flexibility index (Phi) is 6.75. The lowest BCUT2D eigenvalue weighted by Crippen LogP contribution is -2.49. The van der Waals surface area contributed by atoms with E-state index in [1.54, 1.807) is 0 Å². The summed E-state index contributed by atoms with van der Waals surface area (Å²) in [5.74, 6) is 0. The number of ether oxygens (including phenoxy) is 1. The summed E-state index contributed by atoms with van der Waals surface area (Å²) in [5.41, 5.74) is -0.462. The summed E-state index contributed by atoms with van der Waals surface area (Å²) in [7, 11) is 0. The van der Waals surface area contributed by atoms with Crippen LogP contribution in [0.15, 0.2) is 42.5 Å². The molecule has 2 aromatic carbocycles. The number of hydrogen-bond donors (Lipinski definition) is 1. The van der Waals surface area contributed by atoms with Crippen LogP contribution in [-0.4, -0.2) is 37.2 Å². The topological polar surface area (TPSA) is 24.5 Å². The van der Waals surface area contributed by atoms with Crippen molar-refractivity contribution in [3.8, 4) is 0 Å². The van der Waals surface area contributed by atoms with Gasteiger partial charge < -0.3 is 10.1 Å². The van der Waals surface area contributed by atoms with E-state index in [-0.39, 0.29) is 23.8 Å². The molecule has 0 aromatic heterocycles. The first-order valence-corrected chi connectivity index (χ1v) is 11.0. The SMILES string of the molecule is CC(O[C@H]1CCc2ccccc2[C@@H]1N1CCNCC1)c1cc(C(F)(F)F)cc(C(F)(F)F)c1. The smallest absolute Gasteiger partial charge is 0.369 e. The molecule has 0 radical (unpaired) electrons. The number of alkyl halides is 6. The molecule has 1 N–H and O–H groups in total. The first kappa shape index (κ1) is 24.0. The second kappa shape index (κ2) is 9.27. The van der Waals surface area contributed by atoms with Crippen molar-refractivity contribution in [3.63, 3.8) is 0 Å². The van der Waals surface area contributed by atoms with Crippen LogP contribution in [0, 0.1) is 0 Å². The van der Waals surface area contributed by atoms with Gasteiger partial charge in [-0.25, -0.2) is 0 Å². The van der Waals surface area contributed by atoms with Crippen molar-refractivity contribution in [2.24, 2.45) is 0 Å². The van der Waals surface area contributed by atoms with Crippen molar-refractivity contribution in [1.29, 1.82) is 0 Å². The summed E-state index contributed by atoms with van der Waals surface area (Å²) in [5, 5.41) is 3.30. The zero-order valence-corrected chi connectivity index (χ0v) is 18.1. The number of nitrogens with zero attached hydrogens (tertiary/aromatic N) is 1. The molecule has 0 saturated carbocycles. The van der Waals surface area contributed by atoms with E-state index in [4.69, 9.17) is 4.74 Å². The fourth-order valence-corrected chi connectivity index (χ4v) is 4.80. The molecule has 0 amide bonds. The van der Waals surface area contributed by atoms with Crippen molar-refractivity contribution < 1.29 is 31.1 Å². The van der Waals surface area contributed by atoms with Crippen LogP contribution in [0.1, 0.15) is 53.3 Å². The van der Waals surface area contributed by atoms with Gasteiger partial charge in [0.2, 0.25) is 0 Å². The molecule has 1 aliphatic heterocycles. The Balaban J connectivity index is 1.65. The summed E-state index contributed by atoms with van der Waals surface area (Å²) in [6.07, 6.45) is -9.68. The Morgan fingerprint density at radius 3 is 2.15 bits per heavy atom. The van der Waals surface area contributed by atoms with Gasteiger partial charge in [0.15, 0.2) is 0 Å². The molecular weight excluding hydrogens is 446 g/mol. The van der Waals surface area contributed by atoms with Crippen LogP contribution < -0.4 is 5.32 Å². The first-order chi connectivity index (χ1) is 15.5. The van der Waals surface area contributed by atoms with Gasteiger partial charge in [-0.2, -0.15) is 26.3 Å². The molecule has 2 aliphatic rings. The van der Waals surface area contributed by atoms with Crippen LogP contribution >= 0.6 is 0 Å². The van der Waals surface area contributed by atoms with Gasteiger partial charge in [0.05, 0.1) is 29.4 Å². The van der Waals surface area contributed by atoms with Crippen LogP contribution in [0.5, 0.6) is 0 Å². The van der Waals surface area contributed by atoms with Crippen molar-refractivity contribution in [2.75, 3.05) is 26.2 Å². The minimum absolute atomic E-state index is 0.104. The number of nitrogens with one attached hydrogen (secondary N) is 1. The average molecular weight is 472 g/mol. The highest BCUT2D eigenvalue weighted by Crippen LogP contribution is 2.41. The Morgan fingerprint density at radius 2 is 1.55 bits per heavy atom. The maximum Gasteiger partial charge on any atom is 0.416 e. The zero-order valence-electron chi connectivity index (χ0n) is 18.1. The van der Waals surface area contributed by atoms with E-state index in [1.165, 1.54) is 12.5 Å². The van der Waals surface area contributed by atoms with Gasteiger partial charge in [0.25, 0.3) is 0 Å². The lowest BCUT2D eigenvalue weighted by Gasteiger charge is -2.43.